The number of ether oxygens (including phenoxy) is 3. The maximum Gasteiger partial charge on any atom is 0.387 e. The summed E-state index contributed by atoms with van der Waals surface area (Å²) in [6.45, 7) is 3.01. The number of benzene rings is 2. The van der Waals surface area contributed by atoms with Gasteiger partial charge in [-0.25, -0.2) is 4.79 Å². The van der Waals surface area contributed by atoms with Crippen LogP contribution in [0.15, 0.2) is 54.2 Å². The first-order chi connectivity index (χ1) is 17.2. The Balaban J connectivity index is 1.66. The van der Waals surface area contributed by atoms with Crippen LogP contribution < -0.4 is 14.4 Å². The molecule has 0 radical (unpaired) electrons. The van der Waals surface area contributed by atoms with Crippen molar-refractivity contribution in [2.75, 3.05) is 4.90 Å². The molecule has 1 aliphatic carbocycles. The van der Waals surface area contributed by atoms with Crippen LogP contribution >= 0.6 is 11.3 Å². The van der Waals surface area contributed by atoms with E-state index in [2.05, 4.69) is 4.98 Å². The zero-order valence-electron chi connectivity index (χ0n) is 20.6. The van der Waals surface area contributed by atoms with Crippen molar-refractivity contribution in [1.29, 1.82) is 0 Å². The summed E-state index contributed by atoms with van der Waals surface area (Å²) in [4.78, 5) is 19.7. The Kier molecular flexibility index (Phi) is 8.08. The smallest absolute Gasteiger partial charge is 0.387 e. The molecular weight excluding hydrogens is 486 g/mol. The number of aromatic nitrogens is 1. The van der Waals surface area contributed by atoms with Gasteiger partial charge >= 0.3 is 12.6 Å². The number of hydrogen-bond acceptors (Lipinski definition) is 7. The van der Waals surface area contributed by atoms with Crippen LogP contribution in [0.5, 0.6) is 11.5 Å². The van der Waals surface area contributed by atoms with E-state index in [0.717, 1.165) is 41.9 Å². The van der Waals surface area contributed by atoms with Crippen molar-refractivity contribution in [2.45, 2.75) is 71.3 Å². The van der Waals surface area contributed by atoms with Crippen molar-refractivity contribution in [3.63, 3.8) is 0 Å². The third kappa shape index (κ3) is 6.94. The molecule has 0 atom stereocenters. The molecule has 1 aliphatic rings. The van der Waals surface area contributed by atoms with Crippen LogP contribution in [0.1, 0.15) is 61.7 Å². The van der Waals surface area contributed by atoms with E-state index in [0.29, 0.717) is 17.9 Å². The first-order valence-electron chi connectivity index (χ1n) is 11.9. The second-order valence-corrected chi connectivity index (χ2v) is 10.6. The minimum Gasteiger partial charge on any atom is -0.486 e. The molecule has 0 bridgehead atoms. The van der Waals surface area contributed by atoms with E-state index in [1.165, 1.54) is 17.4 Å². The van der Waals surface area contributed by atoms with E-state index in [-0.39, 0.29) is 11.9 Å². The minimum absolute atomic E-state index is 0.0127. The third-order valence-electron chi connectivity index (χ3n) is 5.66. The zero-order chi connectivity index (χ0) is 25.7. The number of esters is 1. The summed E-state index contributed by atoms with van der Waals surface area (Å²) < 4.78 is 42.5. The molecule has 0 aliphatic heterocycles. The second kappa shape index (κ2) is 11.2. The van der Waals surface area contributed by atoms with E-state index in [1.54, 1.807) is 36.0 Å². The van der Waals surface area contributed by atoms with Crippen LogP contribution in [0, 0.1) is 0 Å². The standard InChI is InChI=1S/C27H30F2N2O4S/c1-27(2,3)35-25(32)18-8-10-19(11-9-18)31(16-22-15-30-17-36-22)20-12-13-23(34-26(28)29)24(14-20)33-21-6-4-5-7-21/h8-15,17,21,26H,4-7,16H2,1-3H3. The molecule has 1 heterocycles. The maximum atomic E-state index is 13.1. The van der Waals surface area contributed by atoms with Crippen LogP contribution in [0.25, 0.3) is 0 Å². The van der Waals surface area contributed by atoms with Crippen molar-refractivity contribution in [1.82, 2.24) is 4.98 Å². The van der Waals surface area contributed by atoms with Gasteiger partial charge in [-0.1, -0.05) is 0 Å². The molecule has 192 valence electrons. The molecule has 3 aromatic rings. The van der Waals surface area contributed by atoms with Gasteiger partial charge < -0.3 is 19.1 Å². The average Bonchev–Trinajstić information content (AvgIpc) is 3.52. The Hall–Kier alpha value is -3.20. The maximum absolute atomic E-state index is 13.1. The highest BCUT2D eigenvalue weighted by Gasteiger charge is 2.23. The lowest BCUT2D eigenvalue weighted by Gasteiger charge is -2.26. The number of carbonyl (C=O) groups is 1. The number of halogens is 2. The molecule has 2 aromatic carbocycles. The minimum atomic E-state index is -2.95. The van der Waals surface area contributed by atoms with E-state index in [1.807, 2.05) is 37.8 Å². The molecule has 36 heavy (non-hydrogen) atoms. The number of rotatable bonds is 9. The van der Waals surface area contributed by atoms with Gasteiger partial charge in [-0.2, -0.15) is 8.78 Å². The largest absolute Gasteiger partial charge is 0.486 e. The molecule has 0 amide bonds. The molecule has 0 unspecified atom stereocenters. The number of thiazole rings is 1. The fourth-order valence-electron chi connectivity index (χ4n) is 4.06. The molecule has 0 spiro atoms. The first-order valence-corrected chi connectivity index (χ1v) is 12.8. The Labute approximate surface area is 213 Å². The fraction of sp³-hybridized carbons (Fsp3) is 0.407. The number of anilines is 2. The molecule has 6 nitrogen and oxygen atoms in total. The Morgan fingerprint density at radius 3 is 2.39 bits per heavy atom. The predicted octanol–water partition coefficient (Wildman–Crippen LogP) is 7.36. The van der Waals surface area contributed by atoms with Gasteiger partial charge in [-0.3, -0.25) is 4.98 Å². The molecule has 1 saturated carbocycles. The van der Waals surface area contributed by atoms with E-state index < -0.39 is 18.2 Å². The van der Waals surface area contributed by atoms with Gasteiger partial charge in [0.15, 0.2) is 11.5 Å². The monoisotopic (exact) mass is 516 g/mol. The van der Waals surface area contributed by atoms with E-state index in [4.69, 9.17) is 14.2 Å². The quantitative estimate of drug-likeness (QED) is 0.277. The highest BCUT2D eigenvalue weighted by molar-refractivity contribution is 7.09. The lowest BCUT2D eigenvalue weighted by molar-refractivity contribution is -0.0520. The lowest BCUT2D eigenvalue weighted by atomic mass is 10.1. The Bertz CT molecular complexity index is 1140. The molecule has 4 rings (SSSR count). The summed E-state index contributed by atoms with van der Waals surface area (Å²) >= 11 is 1.51. The van der Waals surface area contributed by atoms with Crippen LogP contribution in [0.3, 0.4) is 0 Å². The van der Waals surface area contributed by atoms with E-state index >= 15 is 0 Å². The molecular formula is C27H30F2N2O4S. The van der Waals surface area contributed by atoms with E-state index in [9.17, 15) is 13.6 Å². The lowest BCUT2D eigenvalue weighted by Crippen LogP contribution is -2.24. The predicted molar refractivity (Wildman–Crippen MR) is 136 cm³/mol. The van der Waals surface area contributed by atoms with Crippen LogP contribution in [0.4, 0.5) is 20.2 Å². The van der Waals surface area contributed by atoms with Crippen LogP contribution in [-0.4, -0.2) is 29.3 Å². The van der Waals surface area contributed by atoms with Gasteiger partial charge in [0.05, 0.1) is 23.7 Å². The second-order valence-electron chi connectivity index (χ2n) is 9.64. The summed E-state index contributed by atoms with van der Waals surface area (Å²) in [6, 6.07) is 12.1. The zero-order valence-corrected chi connectivity index (χ0v) is 21.4. The van der Waals surface area contributed by atoms with Crippen molar-refractivity contribution in [3.8, 4) is 11.5 Å². The Morgan fingerprint density at radius 2 is 1.78 bits per heavy atom. The first kappa shape index (κ1) is 25.9. The molecule has 1 aromatic heterocycles. The Morgan fingerprint density at radius 1 is 1.08 bits per heavy atom. The molecule has 1 fully saturated rings. The normalized spacial score (nSPS) is 14.2. The molecule has 0 saturated heterocycles. The highest BCUT2D eigenvalue weighted by atomic mass is 32.1. The summed E-state index contributed by atoms with van der Waals surface area (Å²) in [5, 5.41) is 0. The molecule has 0 N–H and O–H groups in total. The highest BCUT2D eigenvalue weighted by Crippen LogP contribution is 2.39. The summed E-state index contributed by atoms with van der Waals surface area (Å²) in [5.74, 6) is -0.0955. The topological polar surface area (TPSA) is 60.9 Å². The van der Waals surface area contributed by atoms with Crippen molar-refractivity contribution in [2.24, 2.45) is 0 Å². The van der Waals surface area contributed by atoms with Crippen LogP contribution in [-0.2, 0) is 11.3 Å². The van der Waals surface area contributed by atoms with Gasteiger partial charge in [-0.15, -0.1) is 11.3 Å². The van der Waals surface area contributed by atoms with Crippen molar-refractivity contribution in [3.05, 3.63) is 64.6 Å². The summed E-state index contributed by atoms with van der Waals surface area (Å²) in [6.07, 6.45) is 5.64. The number of carbonyl (C=O) groups excluding carboxylic acids is 1. The van der Waals surface area contributed by atoms with Crippen molar-refractivity contribution < 1.29 is 27.8 Å². The SMILES string of the molecule is CC(C)(C)OC(=O)c1ccc(N(Cc2cncs2)c2ccc(OC(F)F)c(OC3CCCC3)c2)cc1. The summed E-state index contributed by atoms with van der Waals surface area (Å²) in [7, 11) is 0. The van der Waals surface area contributed by atoms with Crippen molar-refractivity contribution >= 4 is 28.7 Å². The van der Waals surface area contributed by atoms with Gasteiger partial charge in [0, 0.05) is 28.5 Å². The van der Waals surface area contributed by atoms with Crippen LogP contribution in [0.2, 0.25) is 0 Å². The number of nitrogens with zero attached hydrogens (tertiary/aromatic N) is 2. The van der Waals surface area contributed by atoms with Gasteiger partial charge in [0.25, 0.3) is 0 Å². The fourth-order valence-corrected chi connectivity index (χ4v) is 4.64. The van der Waals surface area contributed by atoms with Gasteiger partial charge in [0.2, 0.25) is 0 Å². The number of hydrogen-bond donors (Lipinski definition) is 0. The third-order valence-corrected chi connectivity index (χ3v) is 6.43. The number of alkyl halides is 2. The van der Waals surface area contributed by atoms with Gasteiger partial charge in [-0.05, 0) is 82.9 Å². The molecule has 9 heteroatoms. The average molecular weight is 517 g/mol. The van der Waals surface area contributed by atoms with Gasteiger partial charge in [0.1, 0.15) is 5.60 Å². The summed E-state index contributed by atoms with van der Waals surface area (Å²) in [5.41, 5.74) is 3.16.